The van der Waals surface area contributed by atoms with E-state index in [2.05, 4.69) is 37.7 Å². The molecule has 3 aromatic rings. The van der Waals surface area contributed by atoms with Gasteiger partial charge in [0.1, 0.15) is 12.4 Å². The predicted molar refractivity (Wildman–Crippen MR) is 147 cm³/mol. The van der Waals surface area contributed by atoms with Crippen molar-refractivity contribution in [3.05, 3.63) is 84.2 Å². The zero-order chi connectivity index (χ0) is 26.6. The van der Waals surface area contributed by atoms with Crippen LogP contribution in [0, 0.1) is 0 Å². The maximum Gasteiger partial charge on any atom is 0.338 e. The molecule has 1 aromatic carbocycles. The third kappa shape index (κ3) is 7.64. The van der Waals surface area contributed by atoms with Crippen LogP contribution in [0.3, 0.4) is 0 Å². The van der Waals surface area contributed by atoms with Gasteiger partial charge in [-0.05, 0) is 79.6 Å². The maximum atomic E-state index is 12.7. The first-order valence-corrected chi connectivity index (χ1v) is 12.8. The molecule has 1 unspecified atom stereocenters. The van der Waals surface area contributed by atoms with Crippen molar-refractivity contribution in [3.63, 3.8) is 0 Å². The molecule has 2 heterocycles. The summed E-state index contributed by atoms with van der Waals surface area (Å²) in [5.74, 6) is 0.503. The van der Waals surface area contributed by atoms with Crippen molar-refractivity contribution in [2.75, 3.05) is 26.9 Å². The van der Waals surface area contributed by atoms with Gasteiger partial charge in [0.15, 0.2) is 5.65 Å². The molecule has 0 amide bonds. The highest BCUT2D eigenvalue weighted by atomic mass is 16.5. The lowest BCUT2D eigenvalue weighted by molar-refractivity contribution is -0.138. The number of hydrogen-bond donors (Lipinski definition) is 0. The molecular weight excluding hydrogens is 466 g/mol. The second-order valence-corrected chi connectivity index (χ2v) is 8.63. The van der Waals surface area contributed by atoms with Crippen LogP contribution in [0.25, 0.3) is 16.9 Å². The van der Waals surface area contributed by atoms with E-state index in [1.807, 2.05) is 36.5 Å². The molecule has 0 spiro atoms. The van der Waals surface area contributed by atoms with E-state index >= 15 is 0 Å². The van der Waals surface area contributed by atoms with Gasteiger partial charge in [-0.1, -0.05) is 32.6 Å². The average molecular weight is 504 g/mol. The zero-order valence-electron chi connectivity index (χ0n) is 22.3. The first kappa shape index (κ1) is 27.9. The van der Waals surface area contributed by atoms with Crippen LogP contribution >= 0.6 is 0 Å². The predicted octanol–water partition coefficient (Wildman–Crippen LogP) is 6.32. The average Bonchev–Trinajstić information content (AvgIpc) is 3.34. The molecule has 0 aliphatic carbocycles. The third-order valence-corrected chi connectivity index (χ3v) is 5.99. The molecule has 196 valence electrons. The number of carbonyl (C=O) groups is 1. The lowest BCUT2D eigenvalue weighted by atomic mass is 9.86. The Bertz CT molecular complexity index is 1230. The van der Waals surface area contributed by atoms with Crippen molar-refractivity contribution >= 4 is 11.6 Å². The van der Waals surface area contributed by atoms with Gasteiger partial charge in [0.05, 0.1) is 30.7 Å². The number of methoxy groups -OCH3 is 1. The fourth-order valence-corrected chi connectivity index (χ4v) is 4.05. The molecule has 0 aliphatic rings. The molecule has 0 radical (unpaired) electrons. The molecule has 7 nitrogen and oxygen atoms in total. The van der Waals surface area contributed by atoms with E-state index in [-0.39, 0.29) is 11.9 Å². The van der Waals surface area contributed by atoms with Gasteiger partial charge < -0.3 is 14.2 Å². The van der Waals surface area contributed by atoms with Crippen molar-refractivity contribution in [2.24, 2.45) is 0 Å². The topological polar surface area (TPSA) is 75.0 Å². The van der Waals surface area contributed by atoms with Crippen LogP contribution in [-0.4, -0.2) is 47.5 Å². The van der Waals surface area contributed by atoms with Crippen molar-refractivity contribution in [2.45, 2.75) is 46.0 Å². The summed E-state index contributed by atoms with van der Waals surface area (Å²) in [5, 5.41) is 4.34. The van der Waals surface area contributed by atoms with E-state index in [0.29, 0.717) is 31.8 Å². The summed E-state index contributed by atoms with van der Waals surface area (Å²) in [5.41, 5.74) is 4.86. The van der Waals surface area contributed by atoms with Crippen molar-refractivity contribution in [3.8, 4) is 17.0 Å². The molecular formula is C30H37N3O4. The summed E-state index contributed by atoms with van der Waals surface area (Å²) in [4.78, 5) is 17.4. The number of esters is 1. The Morgan fingerprint density at radius 1 is 1.19 bits per heavy atom. The smallest absolute Gasteiger partial charge is 0.338 e. The van der Waals surface area contributed by atoms with Gasteiger partial charge in [-0.25, -0.2) is 14.3 Å². The first-order chi connectivity index (χ1) is 18.0. The number of fused-ring (bicyclic) bond motifs is 1. The second kappa shape index (κ2) is 14.1. The van der Waals surface area contributed by atoms with Gasteiger partial charge in [0.25, 0.3) is 0 Å². The Hall–Kier alpha value is -3.71. The molecule has 1 atom stereocenters. The lowest BCUT2D eigenvalue weighted by Gasteiger charge is -2.20. The van der Waals surface area contributed by atoms with E-state index in [4.69, 9.17) is 19.2 Å². The molecule has 0 saturated carbocycles. The summed E-state index contributed by atoms with van der Waals surface area (Å²) in [6, 6.07) is 9.97. The molecule has 37 heavy (non-hydrogen) atoms. The van der Waals surface area contributed by atoms with E-state index in [0.717, 1.165) is 46.6 Å². The number of aromatic nitrogens is 3. The normalized spacial score (nSPS) is 12.7. The highest BCUT2D eigenvalue weighted by molar-refractivity contribution is 5.93. The van der Waals surface area contributed by atoms with Crippen LogP contribution in [0.1, 0.15) is 51.5 Å². The standard InChI is InChI=1S/C30H37N3O4/c1-6-9-10-12-27(30(34)36-8-3)22(4)17-23(7-2)24-18-25(20-26(19-24)37-16-15-35-5)28-21-33-29(32-28)13-11-14-31-33/h9-14,18-21,23H,4,6-8,15-17H2,1-3,5H3. The van der Waals surface area contributed by atoms with Crippen molar-refractivity contribution in [1.82, 2.24) is 14.6 Å². The minimum atomic E-state index is -0.349. The number of rotatable bonds is 14. The SMILES string of the molecule is C=C(CC(CC)c1cc(OCCOC)cc(-c2cn3ncccc3n2)c1)C(=CC=CCC)C(=O)OCC. The van der Waals surface area contributed by atoms with Crippen LogP contribution in [0.5, 0.6) is 5.75 Å². The van der Waals surface area contributed by atoms with Crippen LogP contribution in [0.2, 0.25) is 0 Å². The quantitative estimate of drug-likeness (QED) is 0.111. The summed E-state index contributed by atoms with van der Waals surface area (Å²) < 4.78 is 18.2. The Balaban J connectivity index is 1.96. The Morgan fingerprint density at radius 3 is 2.73 bits per heavy atom. The lowest BCUT2D eigenvalue weighted by Crippen LogP contribution is -2.11. The van der Waals surface area contributed by atoms with Gasteiger partial charge in [0.2, 0.25) is 0 Å². The van der Waals surface area contributed by atoms with E-state index < -0.39 is 0 Å². The van der Waals surface area contributed by atoms with E-state index in [9.17, 15) is 4.79 Å². The second-order valence-electron chi connectivity index (χ2n) is 8.63. The largest absolute Gasteiger partial charge is 0.491 e. The van der Waals surface area contributed by atoms with Gasteiger partial charge in [-0.3, -0.25) is 0 Å². The highest BCUT2D eigenvalue weighted by Crippen LogP contribution is 2.35. The zero-order valence-corrected chi connectivity index (χ0v) is 22.3. The molecule has 0 bridgehead atoms. The monoisotopic (exact) mass is 503 g/mol. The number of carbonyl (C=O) groups excluding carboxylic acids is 1. The molecule has 0 aliphatic heterocycles. The fraction of sp³-hybridized carbons (Fsp3) is 0.367. The van der Waals surface area contributed by atoms with Crippen LogP contribution in [-0.2, 0) is 14.3 Å². The molecule has 0 fully saturated rings. The van der Waals surface area contributed by atoms with E-state index in [1.54, 1.807) is 30.8 Å². The van der Waals surface area contributed by atoms with Crippen LogP contribution in [0.4, 0.5) is 0 Å². The number of nitrogens with zero attached hydrogens (tertiary/aromatic N) is 3. The van der Waals surface area contributed by atoms with Crippen LogP contribution in [0.15, 0.2) is 78.7 Å². The Labute approximate surface area is 219 Å². The van der Waals surface area contributed by atoms with Gasteiger partial charge in [0, 0.05) is 18.9 Å². The summed E-state index contributed by atoms with van der Waals surface area (Å²) in [6.07, 6.45) is 11.7. The third-order valence-electron chi connectivity index (χ3n) is 5.99. The minimum Gasteiger partial charge on any atom is -0.491 e. The van der Waals surface area contributed by atoms with Gasteiger partial charge >= 0.3 is 5.97 Å². The Morgan fingerprint density at radius 2 is 2.03 bits per heavy atom. The maximum absolute atomic E-state index is 12.7. The molecule has 0 N–H and O–H groups in total. The van der Waals surface area contributed by atoms with Crippen molar-refractivity contribution in [1.29, 1.82) is 0 Å². The molecule has 3 rings (SSSR count). The van der Waals surface area contributed by atoms with Crippen molar-refractivity contribution < 1.29 is 19.0 Å². The first-order valence-electron chi connectivity index (χ1n) is 12.8. The molecule has 7 heteroatoms. The highest BCUT2D eigenvalue weighted by Gasteiger charge is 2.20. The van der Waals surface area contributed by atoms with Gasteiger partial charge in [-0.15, -0.1) is 0 Å². The summed E-state index contributed by atoms with van der Waals surface area (Å²) in [6.45, 7) is 11.5. The number of ether oxygens (including phenoxy) is 3. The van der Waals surface area contributed by atoms with Crippen LogP contribution < -0.4 is 4.74 Å². The molecule has 2 aromatic heterocycles. The number of hydrogen-bond acceptors (Lipinski definition) is 6. The summed E-state index contributed by atoms with van der Waals surface area (Å²) in [7, 11) is 1.65. The minimum absolute atomic E-state index is 0.111. The number of allylic oxidation sites excluding steroid dienone is 3. The summed E-state index contributed by atoms with van der Waals surface area (Å²) >= 11 is 0. The molecule has 0 saturated heterocycles. The number of benzene rings is 1. The fourth-order valence-electron chi connectivity index (χ4n) is 4.05. The number of imidazole rings is 1. The Kier molecular flexibility index (Phi) is 10.6. The van der Waals surface area contributed by atoms with E-state index in [1.165, 1.54) is 0 Å². The van der Waals surface area contributed by atoms with Gasteiger partial charge in [-0.2, -0.15) is 5.10 Å².